The second-order valence-electron chi connectivity index (χ2n) is 4.32. The summed E-state index contributed by atoms with van der Waals surface area (Å²) in [6.07, 6.45) is -5.53. The van der Waals surface area contributed by atoms with E-state index in [1.165, 1.54) is 11.3 Å². The molecule has 0 fully saturated rings. The van der Waals surface area contributed by atoms with E-state index in [0.29, 0.717) is 17.0 Å². The SMILES string of the molecule is CNCc1scc(C)c1S(=O)(=O)NCCCC(F)(F)F. The second kappa shape index (κ2) is 6.88. The lowest BCUT2D eigenvalue weighted by atomic mass is 10.3. The standard InChI is InChI=1S/C11H17F3N2O2S2/c1-8-7-19-9(6-15-2)10(8)20(17,18)16-5-3-4-11(12,13)14/h7,15-16H,3-6H2,1-2H3. The third-order valence-corrected chi connectivity index (χ3v) is 5.45. The van der Waals surface area contributed by atoms with Gasteiger partial charge in [0, 0.05) is 24.4 Å². The van der Waals surface area contributed by atoms with Gasteiger partial charge in [0.05, 0.1) is 0 Å². The molecular formula is C11H17F3N2O2S2. The molecule has 0 saturated carbocycles. The third-order valence-electron chi connectivity index (χ3n) is 2.52. The molecule has 1 heterocycles. The van der Waals surface area contributed by atoms with E-state index in [2.05, 4.69) is 10.0 Å². The lowest BCUT2D eigenvalue weighted by Crippen LogP contribution is -2.27. The molecule has 0 atom stereocenters. The van der Waals surface area contributed by atoms with Gasteiger partial charge in [-0.1, -0.05) is 0 Å². The number of aryl methyl sites for hydroxylation is 1. The van der Waals surface area contributed by atoms with Crippen LogP contribution in [0.4, 0.5) is 13.2 Å². The molecule has 1 aromatic heterocycles. The van der Waals surface area contributed by atoms with Crippen molar-refractivity contribution < 1.29 is 21.6 Å². The van der Waals surface area contributed by atoms with Gasteiger partial charge in [-0.2, -0.15) is 13.2 Å². The predicted octanol–water partition coefficient (Wildman–Crippen LogP) is 2.40. The zero-order valence-corrected chi connectivity index (χ0v) is 12.8. The number of nitrogens with one attached hydrogen (secondary N) is 2. The van der Waals surface area contributed by atoms with E-state index < -0.39 is 22.6 Å². The quantitative estimate of drug-likeness (QED) is 0.755. The Morgan fingerprint density at radius 2 is 2.00 bits per heavy atom. The molecule has 0 saturated heterocycles. The van der Waals surface area contributed by atoms with Crippen LogP contribution < -0.4 is 10.0 Å². The summed E-state index contributed by atoms with van der Waals surface area (Å²) in [7, 11) is -2.07. The Balaban J connectivity index is 2.72. The molecule has 2 N–H and O–H groups in total. The minimum Gasteiger partial charge on any atom is -0.315 e. The summed E-state index contributed by atoms with van der Waals surface area (Å²) in [5, 5.41) is 4.59. The smallest absolute Gasteiger partial charge is 0.315 e. The van der Waals surface area contributed by atoms with Crippen molar-refractivity contribution in [3.63, 3.8) is 0 Å². The molecule has 0 spiro atoms. The minimum atomic E-state index is -4.26. The predicted molar refractivity (Wildman–Crippen MR) is 72.3 cm³/mol. The highest BCUT2D eigenvalue weighted by Gasteiger charge is 2.27. The fourth-order valence-electron chi connectivity index (χ4n) is 1.70. The van der Waals surface area contributed by atoms with Crippen molar-refractivity contribution in [2.45, 2.75) is 37.4 Å². The van der Waals surface area contributed by atoms with Gasteiger partial charge in [0.2, 0.25) is 10.0 Å². The van der Waals surface area contributed by atoms with E-state index in [9.17, 15) is 21.6 Å². The molecule has 1 rings (SSSR count). The first-order valence-corrected chi connectivity index (χ1v) is 8.31. The average molecular weight is 330 g/mol. The molecule has 0 amide bonds. The number of alkyl halides is 3. The van der Waals surface area contributed by atoms with E-state index >= 15 is 0 Å². The van der Waals surface area contributed by atoms with E-state index in [4.69, 9.17) is 0 Å². The highest BCUT2D eigenvalue weighted by Crippen LogP contribution is 2.27. The first kappa shape index (κ1) is 17.4. The number of halogens is 3. The van der Waals surface area contributed by atoms with Gasteiger partial charge in [0.15, 0.2) is 0 Å². The minimum absolute atomic E-state index is 0.170. The fourth-order valence-corrected chi connectivity index (χ4v) is 4.59. The van der Waals surface area contributed by atoms with Crippen LogP contribution >= 0.6 is 11.3 Å². The number of thiophene rings is 1. The number of hydrogen-bond acceptors (Lipinski definition) is 4. The molecule has 0 aromatic carbocycles. The molecule has 0 aliphatic carbocycles. The fraction of sp³-hybridized carbons (Fsp3) is 0.636. The summed E-state index contributed by atoms with van der Waals surface area (Å²) in [5.41, 5.74) is 0.601. The Morgan fingerprint density at radius 3 is 2.55 bits per heavy atom. The molecule has 1 aromatic rings. The van der Waals surface area contributed by atoms with Crippen molar-refractivity contribution in [3.8, 4) is 0 Å². The maximum Gasteiger partial charge on any atom is 0.389 e. The van der Waals surface area contributed by atoms with Crippen molar-refractivity contribution >= 4 is 21.4 Å². The van der Waals surface area contributed by atoms with Crippen LogP contribution in [0.2, 0.25) is 0 Å². The maximum atomic E-state index is 12.1. The van der Waals surface area contributed by atoms with Crippen LogP contribution in [-0.4, -0.2) is 28.2 Å². The van der Waals surface area contributed by atoms with E-state index in [1.807, 2.05) is 0 Å². The van der Waals surface area contributed by atoms with Crippen LogP contribution in [0.25, 0.3) is 0 Å². The van der Waals surface area contributed by atoms with Crippen LogP contribution in [0.1, 0.15) is 23.3 Å². The van der Waals surface area contributed by atoms with Crippen molar-refractivity contribution in [2.24, 2.45) is 0 Å². The molecule has 0 aliphatic heterocycles. The van der Waals surface area contributed by atoms with Crippen LogP contribution in [0.15, 0.2) is 10.3 Å². The molecular weight excluding hydrogens is 313 g/mol. The lowest BCUT2D eigenvalue weighted by molar-refractivity contribution is -0.135. The van der Waals surface area contributed by atoms with E-state index in [-0.39, 0.29) is 17.9 Å². The largest absolute Gasteiger partial charge is 0.389 e. The molecule has 0 bridgehead atoms. The van der Waals surface area contributed by atoms with Gasteiger partial charge >= 0.3 is 6.18 Å². The maximum absolute atomic E-state index is 12.1. The number of hydrogen-bond donors (Lipinski definition) is 2. The lowest BCUT2D eigenvalue weighted by Gasteiger charge is -2.10. The van der Waals surface area contributed by atoms with Gasteiger partial charge in [0.1, 0.15) is 4.90 Å². The second-order valence-corrected chi connectivity index (χ2v) is 6.99. The summed E-state index contributed by atoms with van der Waals surface area (Å²) >= 11 is 1.31. The molecule has 9 heteroatoms. The van der Waals surface area contributed by atoms with Crippen molar-refractivity contribution in [2.75, 3.05) is 13.6 Å². The normalized spacial score (nSPS) is 12.8. The van der Waals surface area contributed by atoms with Crippen LogP contribution in [0.3, 0.4) is 0 Å². The van der Waals surface area contributed by atoms with Crippen LogP contribution in [0, 0.1) is 6.92 Å². The summed E-state index contributed by atoms with van der Waals surface area (Å²) in [4.78, 5) is 0.817. The van der Waals surface area contributed by atoms with Crippen LogP contribution in [-0.2, 0) is 16.6 Å². The highest BCUT2D eigenvalue weighted by atomic mass is 32.2. The van der Waals surface area contributed by atoms with E-state index in [1.54, 1.807) is 19.4 Å². The third kappa shape index (κ3) is 5.04. The molecule has 20 heavy (non-hydrogen) atoms. The van der Waals surface area contributed by atoms with Crippen LogP contribution in [0.5, 0.6) is 0 Å². The van der Waals surface area contributed by atoms with Gasteiger partial charge in [-0.05, 0) is 31.3 Å². The van der Waals surface area contributed by atoms with Gasteiger partial charge in [0.25, 0.3) is 0 Å². The van der Waals surface area contributed by atoms with Gasteiger partial charge in [-0.25, -0.2) is 13.1 Å². The molecule has 0 radical (unpaired) electrons. The topological polar surface area (TPSA) is 58.2 Å². The Morgan fingerprint density at radius 1 is 1.35 bits per heavy atom. The zero-order chi connectivity index (χ0) is 15.4. The Labute approximate surface area is 120 Å². The van der Waals surface area contributed by atoms with Gasteiger partial charge < -0.3 is 5.32 Å². The Hall–Kier alpha value is -0.640. The van der Waals surface area contributed by atoms with Crippen molar-refractivity contribution in [1.82, 2.24) is 10.0 Å². The monoisotopic (exact) mass is 330 g/mol. The average Bonchev–Trinajstić information content (AvgIpc) is 2.66. The van der Waals surface area contributed by atoms with E-state index in [0.717, 1.165) is 0 Å². The molecule has 4 nitrogen and oxygen atoms in total. The summed E-state index contributed by atoms with van der Waals surface area (Å²) in [6.45, 7) is 1.84. The number of rotatable bonds is 7. The Bertz CT molecular complexity index is 538. The Kier molecular flexibility index (Phi) is 5.99. The van der Waals surface area contributed by atoms with Crippen molar-refractivity contribution in [3.05, 3.63) is 15.8 Å². The zero-order valence-electron chi connectivity index (χ0n) is 11.2. The van der Waals surface area contributed by atoms with Crippen molar-refractivity contribution in [1.29, 1.82) is 0 Å². The molecule has 116 valence electrons. The molecule has 0 unspecified atom stereocenters. The first-order valence-electron chi connectivity index (χ1n) is 5.95. The van der Waals surface area contributed by atoms with Gasteiger partial charge in [-0.3, -0.25) is 0 Å². The van der Waals surface area contributed by atoms with Gasteiger partial charge in [-0.15, -0.1) is 11.3 Å². The summed E-state index contributed by atoms with van der Waals surface area (Å²) in [6, 6.07) is 0. The number of sulfonamides is 1. The first-order chi connectivity index (χ1) is 9.17. The summed E-state index contributed by atoms with van der Waals surface area (Å²) < 4.78 is 62.4. The molecule has 0 aliphatic rings. The summed E-state index contributed by atoms with van der Waals surface area (Å²) in [5.74, 6) is 0. The highest BCUT2D eigenvalue weighted by molar-refractivity contribution is 7.89.